The monoisotopic (exact) mass is 314 g/mol. The number of nitrogens with zero attached hydrogens (tertiary/aromatic N) is 3. The fourth-order valence-corrected chi connectivity index (χ4v) is 2.62. The van der Waals surface area contributed by atoms with Gasteiger partial charge in [-0.15, -0.1) is 0 Å². The van der Waals surface area contributed by atoms with E-state index in [1.165, 1.54) is 5.01 Å². The molecule has 0 saturated heterocycles. The van der Waals surface area contributed by atoms with E-state index in [0.717, 1.165) is 32.2 Å². The van der Waals surface area contributed by atoms with Gasteiger partial charge in [0.1, 0.15) is 6.54 Å². The smallest absolute Gasteiger partial charge is 0.290 e. The molecule has 0 spiro atoms. The molecule has 1 aromatic carbocycles. The summed E-state index contributed by atoms with van der Waals surface area (Å²) in [6, 6.07) is 9.59. The summed E-state index contributed by atoms with van der Waals surface area (Å²) in [5.41, 5.74) is 3.61. The lowest BCUT2D eigenvalue weighted by molar-refractivity contribution is -0.125. The highest BCUT2D eigenvalue weighted by Crippen LogP contribution is 2.27. The highest BCUT2D eigenvalue weighted by Gasteiger charge is 2.36. The zero-order valence-electron chi connectivity index (χ0n) is 13.4. The number of benzene rings is 1. The van der Waals surface area contributed by atoms with Crippen LogP contribution < -0.4 is 10.4 Å². The van der Waals surface area contributed by atoms with Gasteiger partial charge in [-0.3, -0.25) is 20.0 Å². The van der Waals surface area contributed by atoms with Crippen molar-refractivity contribution in [3.8, 4) is 0 Å². The molecule has 0 aromatic heterocycles. The largest absolute Gasteiger partial charge is 0.333 e. The van der Waals surface area contributed by atoms with E-state index in [-0.39, 0.29) is 24.2 Å². The molecule has 2 amide bonds. The van der Waals surface area contributed by atoms with Crippen molar-refractivity contribution in [1.29, 1.82) is 0 Å². The van der Waals surface area contributed by atoms with Gasteiger partial charge in [0.2, 0.25) is 5.84 Å². The molecular weight excluding hydrogens is 292 g/mol. The predicted molar refractivity (Wildman–Crippen MR) is 89.0 cm³/mol. The summed E-state index contributed by atoms with van der Waals surface area (Å²) < 4.78 is 0. The summed E-state index contributed by atoms with van der Waals surface area (Å²) in [7, 11) is 0. The summed E-state index contributed by atoms with van der Waals surface area (Å²) in [4.78, 5) is 30.9. The number of rotatable bonds is 6. The van der Waals surface area contributed by atoms with Crippen LogP contribution >= 0.6 is 0 Å². The van der Waals surface area contributed by atoms with Crippen molar-refractivity contribution < 1.29 is 9.59 Å². The Hall–Kier alpha value is -2.37. The number of unbranched alkanes of at least 4 members (excludes halogenated alkanes) is 1. The Labute approximate surface area is 136 Å². The minimum Gasteiger partial charge on any atom is -0.333 e. The number of amides is 2. The van der Waals surface area contributed by atoms with Gasteiger partial charge in [0.25, 0.3) is 11.8 Å². The molecule has 0 bridgehead atoms. The number of hydrogen-bond donors (Lipinski definition) is 1. The van der Waals surface area contributed by atoms with Crippen molar-refractivity contribution in [1.82, 2.24) is 10.3 Å². The number of hydrazine groups is 1. The first-order chi connectivity index (χ1) is 11.2. The number of para-hydroxylation sites is 1. The Morgan fingerprint density at radius 1 is 1.35 bits per heavy atom. The molecule has 1 heterocycles. The molecule has 1 N–H and O–H groups in total. The summed E-state index contributed by atoms with van der Waals surface area (Å²) in [6.07, 6.45) is 4.15. The third-order valence-corrected chi connectivity index (χ3v) is 4.06. The van der Waals surface area contributed by atoms with Gasteiger partial charge in [0.15, 0.2) is 0 Å². The minimum absolute atomic E-state index is 0.00471. The van der Waals surface area contributed by atoms with Crippen LogP contribution in [0.5, 0.6) is 0 Å². The first kappa shape index (κ1) is 15.5. The van der Waals surface area contributed by atoms with Crippen LogP contribution in [0, 0.1) is 0 Å². The van der Waals surface area contributed by atoms with Crippen LogP contribution in [-0.2, 0) is 9.59 Å². The van der Waals surface area contributed by atoms with Gasteiger partial charge in [-0.25, -0.2) is 5.01 Å². The Bertz CT molecular complexity index is 610. The van der Waals surface area contributed by atoms with Crippen molar-refractivity contribution in [2.24, 2.45) is 4.99 Å². The van der Waals surface area contributed by atoms with Crippen LogP contribution in [0.25, 0.3) is 0 Å². The van der Waals surface area contributed by atoms with Crippen LogP contribution in [0.1, 0.15) is 32.6 Å². The SMILES string of the molecule is CCCCN(C(=O)C1=NCC(=O)N(c2ccccc2)N1)C1CC1. The second-order valence-electron chi connectivity index (χ2n) is 5.92. The van der Waals surface area contributed by atoms with E-state index in [9.17, 15) is 9.59 Å². The molecule has 2 aliphatic rings. The molecule has 0 radical (unpaired) electrons. The molecule has 0 unspecified atom stereocenters. The van der Waals surface area contributed by atoms with Gasteiger partial charge >= 0.3 is 0 Å². The van der Waals surface area contributed by atoms with E-state index in [2.05, 4.69) is 17.3 Å². The van der Waals surface area contributed by atoms with Crippen molar-refractivity contribution >= 4 is 23.3 Å². The number of nitrogens with one attached hydrogen (secondary N) is 1. The molecular formula is C17H22N4O2. The van der Waals surface area contributed by atoms with Gasteiger partial charge < -0.3 is 4.90 Å². The lowest BCUT2D eigenvalue weighted by Crippen LogP contribution is -2.56. The molecule has 23 heavy (non-hydrogen) atoms. The van der Waals surface area contributed by atoms with Gasteiger partial charge in [-0.05, 0) is 31.4 Å². The Balaban J connectivity index is 1.74. The van der Waals surface area contributed by atoms with Gasteiger partial charge in [0, 0.05) is 12.6 Å². The molecule has 0 atom stereocenters. The Morgan fingerprint density at radius 3 is 2.74 bits per heavy atom. The average Bonchev–Trinajstić information content (AvgIpc) is 3.41. The zero-order valence-corrected chi connectivity index (χ0v) is 13.4. The number of carbonyl (C=O) groups is 2. The first-order valence-electron chi connectivity index (χ1n) is 8.20. The summed E-state index contributed by atoms with van der Waals surface area (Å²) in [6.45, 7) is 2.86. The number of carbonyl (C=O) groups excluding carboxylic acids is 2. The Kier molecular flexibility index (Phi) is 4.60. The van der Waals surface area contributed by atoms with Crippen molar-refractivity contribution in [2.45, 2.75) is 38.6 Å². The average molecular weight is 314 g/mol. The van der Waals surface area contributed by atoms with Crippen LogP contribution in [0.15, 0.2) is 35.3 Å². The van der Waals surface area contributed by atoms with Crippen LogP contribution in [-0.4, -0.2) is 41.7 Å². The summed E-state index contributed by atoms with van der Waals surface area (Å²) >= 11 is 0. The van der Waals surface area contributed by atoms with Crippen LogP contribution in [0.4, 0.5) is 5.69 Å². The number of amidine groups is 1. The number of aliphatic imine (C=N–C) groups is 1. The molecule has 1 saturated carbocycles. The van der Waals surface area contributed by atoms with Gasteiger partial charge in [-0.2, -0.15) is 0 Å². The number of hydrogen-bond acceptors (Lipinski definition) is 4. The summed E-state index contributed by atoms with van der Waals surface area (Å²) in [5.74, 6) is -0.00915. The second-order valence-corrected chi connectivity index (χ2v) is 5.92. The van der Waals surface area contributed by atoms with Gasteiger partial charge in [-0.1, -0.05) is 31.5 Å². The van der Waals surface area contributed by atoms with E-state index in [4.69, 9.17) is 0 Å². The van der Waals surface area contributed by atoms with Crippen molar-refractivity contribution in [3.05, 3.63) is 30.3 Å². The number of anilines is 1. The lowest BCUT2D eigenvalue weighted by atomic mass is 10.3. The lowest BCUT2D eigenvalue weighted by Gasteiger charge is -2.30. The topological polar surface area (TPSA) is 65.0 Å². The van der Waals surface area contributed by atoms with Crippen LogP contribution in [0.2, 0.25) is 0 Å². The third-order valence-electron chi connectivity index (χ3n) is 4.06. The molecule has 1 aromatic rings. The van der Waals surface area contributed by atoms with E-state index >= 15 is 0 Å². The fraction of sp³-hybridized carbons (Fsp3) is 0.471. The highest BCUT2D eigenvalue weighted by molar-refractivity contribution is 6.39. The van der Waals surface area contributed by atoms with Gasteiger partial charge in [0.05, 0.1) is 5.69 Å². The molecule has 3 rings (SSSR count). The van der Waals surface area contributed by atoms with E-state index in [0.29, 0.717) is 11.7 Å². The van der Waals surface area contributed by atoms with Crippen molar-refractivity contribution in [3.63, 3.8) is 0 Å². The minimum atomic E-state index is -0.167. The van der Waals surface area contributed by atoms with E-state index in [1.807, 2.05) is 35.2 Å². The normalized spacial score (nSPS) is 17.5. The third kappa shape index (κ3) is 3.52. The quantitative estimate of drug-likeness (QED) is 0.869. The highest BCUT2D eigenvalue weighted by atomic mass is 16.2. The predicted octanol–water partition coefficient (Wildman–Crippen LogP) is 1.73. The van der Waals surface area contributed by atoms with Crippen LogP contribution in [0.3, 0.4) is 0 Å². The maximum Gasteiger partial charge on any atom is 0.290 e. The van der Waals surface area contributed by atoms with E-state index in [1.54, 1.807) is 0 Å². The second kappa shape index (κ2) is 6.81. The summed E-state index contributed by atoms with van der Waals surface area (Å²) in [5, 5.41) is 1.41. The molecule has 6 nitrogen and oxygen atoms in total. The Morgan fingerprint density at radius 2 is 2.09 bits per heavy atom. The maximum absolute atomic E-state index is 12.8. The standard InChI is InChI=1S/C17H22N4O2/c1-2-3-11-20(13-9-10-13)17(23)16-18-12-15(22)21(19-16)14-7-5-4-6-8-14/h4-8,13H,2-3,9-12H2,1H3,(H,18,19). The maximum atomic E-state index is 12.8. The molecule has 1 fully saturated rings. The molecule has 6 heteroatoms. The molecule has 1 aliphatic carbocycles. The van der Waals surface area contributed by atoms with E-state index < -0.39 is 0 Å². The molecule has 1 aliphatic heterocycles. The zero-order chi connectivity index (χ0) is 16.2. The van der Waals surface area contributed by atoms with Crippen molar-refractivity contribution in [2.75, 3.05) is 18.1 Å². The fourth-order valence-electron chi connectivity index (χ4n) is 2.62. The first-order valence-corrected chi connectivity index (χ1v) is 8.20. The molecule has 122 valence electrons.